The largest absolute Gasteiger partial charge is 0.351 e. The number of rotatable bonds is 3. The Kier molecular flexibility index (Phi) is 3.88. The molecule has 1 saturated heterocycles. The fourth-order valence-electron chi connectivity index (χ4n) is 3.91. The summed E-state index contributed by atoms with van der Waals surface area (Å²) in [7, 11) is 0. The highest BCUT2D eigenvalue weighted by Crippen LogP contribution is 2.49. The van der Waals surface area contributed by atoms with Crippen molar-refractivity contribution in [2.75, 3.05) is 18.4 Å². The SMILES string of the molecule is O=C(c1ccncc1)N1CCC2(CC1)CC(Nc1ncccn1)C2. The van der Waals surface area contributed by atoms with E-state index in [1.165, 1.54) is 0 Å². The third-order valence-electron chi connectivity index (χ3n) is 5.30. The zero-order valence-electron chi connectivity index (χ0n) is 13.6. The molecule has 0 bridgehead atoms. The zero-order valence-corrected chi connectivity index (χ0v) is 13.6. The van der Waals surface area contributed by atoms with E-state index in [4.69, 9.17) is 0 Å². The summed E-state index contributed by atoms with van der Waals surface area (Å²) >= 11 is 0. The van der Waals surface area contributed by atoms with Crippen molar-refractivity contribution in [3.63, 3.8) is 0 Å². The molecule has 1 amide bonds. The van der Waals surface area contributed by atoms with Crippen LogP contribution >= 0.6 is 0 Å². The van der Waals surface area contributed by atoms with E-state index in [0.29, 0.717) is 17.4 Å². The number of pyridine rings is 1. The second kappa shape index (κ2) is 6.19. The smallest absolute Gasteiger partial charge is 0.253 e. The Bertz CT molecular complexity index is 690. The summed E-state index contributed by atoms with van der Waals surface area (Å²) in [5.74, 6) is 0.835. The van der Waals surface area contributed by atoms with Crippen LogP contribution in [0.3, 0.4) is 0 Å². The van der Waals surface area contributed by atoms with Crippen molar-refractivity contribution in [1.29, 1.82) is 0 Å². The van der Waals surface area contributed by atoms with Crippen LogP contribution < -0.4 is 5.32 Å². The summed E-state index contributed by atoms with van der Waals surface area (Å²) in [6, 6.07) is 5.85. The van der Waals surface area contributed by atoms with Crippen LogP contribution in [0.2, 0.25) is 0 Å². The topological polar surface area (TPSA) is 71.0 Å². The molecule has 6 heteroatoms. The van der Waals surface area contributed by atoms with Gasteiger partial charge in [0.05, 0.1) is 0 Å². The van der Waals surface area contributed by atoms with Gasteiger partial charge >= 0.3 is 0 Å². The lowest BCUT2D eigenvalue weighted by Gasteiger charge is -2.52. The van der Waals surface area contributed by atoms with E-state index >= 15 is 0 Å². The van der Waals surface area contributed by atoms with Gasteiger partial charge in [0.15, 0.2) is 0 Å². The molecule has 2 aromatic heterocycles. The van der Waals surface area contributed by atoms with Gasteiger partial charge in [-0.2, -0.15) is 0 Å². The van der Waals surface area contributed by atoms with Crippen molar-refractivity contribution < 1.29 is 4.79 Å². The van der Waals surface area contributed by atoms with Gasteiger partial charge in [0.1, 0.15) is 0 Å². The van der Waals surface area contributed by atoms with Crippen LogP contribution in [0.1, 0.15) is 36.0 Å². The van der Waals surface area contributed by atoms with Crippen molar-refractivity contribution in [2.24, 2.45) is 5.41 Å². The Morgan fingerprint density at radius 1 is 1.08 bits per heavy atom. The molecule has 24 heavy (non-hydrogen) atoms. The maximum atomic E-state index is 12.5. The number of amides is 1. The highest BCUT2D eigenvalue weighted by atomic mass is 16.2. The number of anilines is 1. The number of likely N-dealkylation sites (tertiary alicyclic amines) is 1. The Morgan fingerprint density at radius 2 is 1.75 bits per heavy atom. The van der Waals surface area contributed by atoms with E-state index in [2.05, 4.69) is 20.3 Å². The van der Waals surface area contributed by atoms with Gasteiger partial charge in [-0.3, -0.25) is 9.78 Å². The summed E-state index contributed by atoms with van der Waals surface area (Å²) < 4.78 is 0. The van der Waals surface area contributed by atoms with E-state index in [9.17, 15) is 4.79 Å². The Balaban J connectivity index is 1.29. The molecule has 1 saturated carbocycles. The Morgan fingerprint density at radius 3 is 2.42 bits per heavy atom. The van der Waals surface area contributed by atoms with E-state index in [0.717, 1.165) is 44.3 Å². The van der Waals surface area contributed by atoms with Crippen LogP contribution in [-0.2, 0) is 0 Å². The first kappa shape index (κ1) is 15.1. The molecule has 124 valence electrons. The summed E-state index contributed by atoms with van der Waals surface area (Å²) in [5, 5.41) is 3.40. The molecule has 2 fully saturated rings. The average molecular weight is 323 g/mol. The van der Waals surface area contributed by atoms with Crippen LogP contribution in [0.4, 0.5) is 5.95 Å². The van der Waals surface area contributed by atoms with E-state index in [-0.39, 0.29) is 5.91 Å². The molecule has 0 atom stereocenters. The summed E-state index contributed by atoms with van der Waals surface area (Å²) in [6.07, 6.45) is 11.3. The number of aromatic nitrogens is 3. The Labute approximate surface area is 141 Å². The van der Waals surface area contributed by atoms with Gasteiger partial charge in [0, 0.05) is 49.5 Å². The molecule has 0 aromatic carbocycles. The van der Waals surface area contributed by atoms with Crippen molar-refractivity contribution >= 4 is 11.9 Å². The first-order valence-electron chi connectivity index (χ1n) is 8.47. The molecule has 0 radical (unpaired) electrons. The first-order chi connectivity index (χ1) is 11.7. The molecular weight excluding hydrogens is 302 g/mol. The van der Waals surface area contributed by atoms with E-state index in [1.54, 1.807) is 36.9 Å². The maximum absolute atomic E-state index is 12.5. The minimum absolute atomic E-state index is 0.124. The second-order valence-electron chi connectivity index (χ2n) is 6.85. The molecule has 6 nitrogen and oxygen atoms in total. The lowest BCUT2D eigenvalue weighted by molar-refractivity contribution is 0.0218. The summed E-state index contributed by atoms with van der Waals surface area (Å²) in [6.45, 7) is 1.69. The van der Waals surface area contributed by atoms with Crippen LogP contribution in [0.15, 0.2) is 43.0 Å². The van der Waals surface area contributed by atoms with Crippen molar-refractivity contribution in [3.8, 4) is 0 Å². The van der Waals surface area contributed by atoms with Crippen LogP contribution in [0.5, 0.6) is 0 Å². The van der Waals surface area contributed by atoms with Gasteiger partial charge in [-0.05, 0) is 49.3 Å². The van der Waals surface area contributed by atoms with Crippen molar-refractivity contribution in [2.45, 2.75) is 31.7 Å². The molecule has 0 unspecified atom stereocenters. The first-order valence-corrected chi connectivity index (χ1v) is 8.47. The van der Waals surface area contributed by atoms with Crippen LogP contribution in [0.25, 0.3) is 0 Å². The maximum Gasteiger partial charge on any atom is 0.253 e. The van der Waals surface area contributed by atoms with Gasteiger partial charge < -0.3 is 10.2 Å². The lowest BCUT2D eigenvalue weighted by Crippen LogP contribution is -2.52. The van der Waals surface area contributed by atoms with Crippen LogP contribution in [-0.4, -0.2) is 44.9 Å². The standard InChI is InChI=1S/C18H21N5O/c24-16(14-2-8-19-9-3-14)23-10-4-18(5-11-23)12-15(13-18)22-17-20-6-1-7-21-17/h1-3,6-9,15H,4-5,10-13H2,(H,20,21,22). The summed E-state index contributed by atoms with van der Waals surface area (Å²) in [5.41, 5.74) is 1.12. The molecule has 2 aliphatic rings. The third-order valence-corrected chi connectivity index (χ3v) is 5.30. The van der Waals surface area contributed by atoms with Crippen molar-refractivity contribution in [3.05, 3.63) is 48.5 Å². The second-order valence-corrected chi connectivity index (χ2v) is 6.85. The quantitative estimate of drug-likeness (QED) is 0.939. The molecule has 1 spiro atoms. The highest BCUT2D eigenvalue weighted by molar-refractivity contribution is 5.94. The number of carbonyl (C=O) groups is 1. The number of hydrogen-bond acceptors (Lipinski definition) is 5. The number of hydrogen-bond donors (Lipinski definition) is 1. The van der Waals surface area contributed by atoms with Gasteiger partial charge in [0.25, 0.3) is 5.91 Å². The average Bonchev–Trinajstić information content (AvgIpc) is 2.62. The molecular formula is C18H21N5O. The number of piperidine rings is 1. The number of nitrogens with zero attached hydrogens (tertiary/aromatic N) is 4. The molecule has 1 N–H and O–H groups in total. The van der Waals surface area contributed by atoms with Gasteiger partial charge in [-0.1, -0.05) is 0 Å². The molecule has 1 aliphatic heterocycles. The minimum atomic E-state index is 0.124. The van der Waals surface area contributed by atoms with E-state index in [1.807, 2.05) is 11.0 Å². The predicted octanol–water partition coefficient (Wildman–Crippen LogP) is 2.37. The molecule has 2 aromatic rings. The number of nitrogens with one attached hydrogen (secondary N) is 1. The lowest BCUT2D eigenvalue weighted by atomic mass is 9.60. The predicted molar refractivity (Wildman–Crippen MR) is 90.5 cm³/mol. The zero-order chi connectivity index (χ0) is 16.4. The molecule has 1 aliphatic carbocycles. The molecule has 4 rings (SSSR count). The fraction of sp³-hybridized carbons (Fsp3) is 0.444. The minimum Gasteiger partial charge on any atom is -0.351 e. The van der Waals surface area contributed by atoms with Crippen molar-refractivity contribution in [1.82, 2.24) is 19.9 Å². The fourth-order valence-corrected chi connectivity index (χ4v) is 3.91. The van der Waals surface area contributed by atoms with Gasteiger partial charge in [-0.15, -0.1) is 0 Å². The van der Waals surface area contributed by atoms with Gasteiger partial charge in [0.2, 0.25) is 5.95 Å². The summed E-state index contributed by atoms with van der Waals surface area (Å²) in [4.78, 5) is 26.9. The Hall–Kier alpha value is -2.50. The monoisotopic (exact) mass is 323 g/mol. The normalized spacial score (nSPS) is 19.8. The third kappa shape index (κ3) is 2.96. The molecule has 3 heterocycles. The van der Waals surface area contributed by atoms with Gasteiger partial charge in [-0.25, -0.2) is 9.97 Å². The number of carbonyl (C=O) groups excluding carboxylic acids is 1. The highest BCUT2D eigenvalue weighted by Gasteiger charge is 2.46. The van der Waals surface area contributed by atoms with E-state index < -0.39 is 0 Å². The van der Waals surface area contributed by atoms with Crippen LogP contribution in [0, 0.1) is 5.41 Å².